The highest BCUT2D eigenvalue weighted by Gasteiger charge is 2.44. The van der Waals surface area contributed by atoms with Crippen LogP contribution in [-0.4, -0.2) is 70.7 Å². The lowest BCUT2D eigenvalue weighted by Gasteiger charge is -2.43. The van der Waals surface area contributed by atoms with Crippen LogP contribution in [-0.2, 0) is 25.7 Å². The van der Waals surface area contributed by atoms with Crippen molar-refractivity contribution in [2.24, 2.45) is 11.3 Å². The van der Waals surface area contributed by atoms with Gasteiger partial charge >= 0.3 is 5.97 Å². The van der Waals surface area contributed by atoms with Crippen LogP contribution in [0.3, 0.4) is 0 Å². The van der Waals surface area contributed by atoms with Crippen LogP contribution in [0.15, 0.2) is 54.7 Å². The van der Waals surface area contributed by atoms with Crippen LogP contribution in [0.2, 0.25) is 0 Å². The van der Waals surface area contributed by atoms with Crippen molar-refractivity contribution in [3.05, 3.63) is 77.8 Å². The number of carbonyl (C=O) groups excluding carboxylic acids is 3. The maximum absolute atomic E-state index is 15.1. The molecule has 12 heteroatoms. The highest BCUT2D eigenvalue weighted by atomic mass is 19.1. The van der Waals surface area contributed by atoms with E-state index in [0.717, 1.165) is 23.8 Å². The summed E-state index contributed by atoms with van der Waals surface area (Å²) in [5.41, 5.74) is 0.149. The molecule has 3 aromatic rings. The van der Waals surface area contributed by atoms with Crippen LogP contribution >= 0.6 is 0 Å². The van der Waals surface area contributed by atoms with Crippen LogP contribution in [0.4, 0.5) is 13.2 Å². The average Bonchev–Trinajstić information content (AvgIpc) is 3.58. The quantitative estimate of drug-likeness (QED) is 0.260. The standard InChI is InChI=1S/C34H42F3N5O4/c1-21(46-23(3)44)33(45)42(19-25-16-38-17-29(25)37)31(34(4,5)13-14-39-22(2)43)32-40-30(27-15-26(35)11-12-28(27)36)20-41(32)18-24-9-7-6-8-10-24/h6-12,15,20-21,25,29,31,38H,13-14,16-19H2,1-5H3,(H,39,43)/t21-,25-,29-,31-/m0/s1. The summed E-state index contributed by atoms with van der Waals surface area (Å²) in [5, 5.41) is 5.83. The van der Waals surface area contributed by atoms with Gasteiger partial charge in [0, 0.05) is 64.2 Å². The van der Waals surface area contributed by atoms with Gasteiger partial charge in [0.05, 0.1) is 11.7 Å². The molecule has 0 radical (unpaired) electrons. The van der Waals surface area contributed by atoms with Gasteiger partial charge in [0.15, 0.2) is 6.10 Å². The van der Waals surface area contributed by atoms with Crippen molar-refractivity contribution < 1.29 is 32.3 Å². The average molecular weight is 642 g/mol. The second-order valence-electron chi connectivity index (χ2n) is 12.5. The largest absolute Gasteiger partial charge is 0.453 e. The predicted molar refractivity (Wildman–Crippen MR) is 167 cm³/mol. The fourth-order valence-electron chi connectivity index (χ4n) is 5.98. The Morgan fingerprint density at radius 2 is 1.85 bits per heavy atom. The molecule has 0 spiro atoms. The number of amides is 2. The van der Waals surface area contributed by atoms with E-state index in [1.54, 1.807) is 10.8 Å². The third kappa shape index (κ3) is 8.54. The van der Waals surface area contributed by atoms with E-state index in [1.165, 1.54) is 25.7 Å². The molecule has 1 aromatic heterocycles. The first-order chi connectivity index (χ1) is 21.8. The molecule has 46 heavy (non-hydrogen) atoms. The highest BCUT2D eigenvalue weighted by Crippen LogP contribution is 2.43. The molecule has 9 nitrogen and oxygen atoms in total. The molecule has 0 saturated carbocycles. The minimum absolute atomic E-state index is 0.0330. The number of halogens is 3. The molecule has 4 rings (SSSR count). The lowest BCUT2D eigenvalue weighted by atomic mass is 9.78. The van der Waals surface area contributed by atoms with Gasteiger partial charge in [0.1, 0.15) is 23.6 Å². The Kier molecular flexibility index (Phi) is 11.3. The summed E-state index contributed by atoms with van der Waals surface area (Å²) in [6.07, 6.45) is -0.448. The summed E-state index contributed by atoms with van der Waals surface area (Å²) in [4.78, 5) is 44.3. The lowest BCUT2D eigenvalue weighted by Crippen LogP contribution is -2.50. The van der Waals surface area contributed by atoms with Crippen molar-refractivity contribution in [1.82, 2.24) is 25.1 Å². The fraction of sp³-hybridized carbons (Fsp3) is 0.471. The van der Waals surface area contributed by atoms with E-state index in [9.17, 15) is 18.8 Å². The molecule has 2 heterocycles. The van der Waals surface area contributed by atoms with Crippen molar-refractivity contribution in [3.8, 4) is 11.3 Å². The number of nitrogens with zero attached hydrogens (tertiary/aromatic N) is 3. The fourth-order valence-corrected chi connectivity index (χ4v) is 5.98. The highest BCUT2D eigenvalue weighted by molar-refractivity contribution is 5.83. The Labute approximate surface area is 267 Å². The number of nitrogens with one attached hydrogen (secondary N) is 2. The zero-order chi connectivity index (χ0) is 33.6. The Balaban J connectivity index is 1.94. The van der Waals surface area contributed by atoms with Gasteiger partial charge in [-0.2, -0.15) is 0 Å². The normalized spacial score (nSPS) is 17.7. The van der Waals surface area contributed by atoms with Crippen molar-refractivity contribution in [2.75, 3.05) is 26.2 Å². The number of imidazole rings is 1. The summed E-state index contributed by atoms with van der Waals surface area (Å²) >= 11 is 0. The summed E-state index contributed by atoms with van der Waals surface area (Å²) in [6.45, 7) is 8.84. The van der Waals surface area contributed by atoms with Gasteiger partial charge in [-0.25, -0.2) is 18.2 Å². The van der Waals surface area contributed by atoms with E-state index >= 15 is 8.78 Å². The van der Waals surface area contributed by atoms with Crippen LogP contribution in [0.5, 0.6) is 0 Å². The third-order valence-electron chi connectivity index (χ3n) is 8.31. The third-order valence-corrected chi connectivity index (χ3v) is 8.31. The van der Waals surface area contributed by atoms with Gasteiger partial charge in [-0.3, -0.25) is 14.4 Å². The van der Waals surface area contributed by atoms with E-state index in [-0.39, 0.29) is 43.3 Å². The molecule has 0 aliphatic carbocycles. The number of esters is 1. The summed E-state index contributed by atoms with van der Waals surface area (Å²) < 4.78 is 51.7. The smallest absolute Gasteiger partial charge is 0.303 e. The molecule has 1 fully saturated rings. The first kappa shape index (κ1) is 34.7. The number of ether oxygens (including phenoxy) is 1. The SMILES string of the molecule is CC(=O)NCCC(C)(C)[C@H](c1nc(-c2cc(F)ccc2F)cn1Cc1ccccc1)N(C[C@@H]1CNC[C@@H]1F)C(=O)[C@H](C)OC(C)=O. The first-order valence-corrected chi connectivity index (χ1v) is 15.4. The minimum Gasteiger partial charge on any atom is -0.453 e. The zero-order valence-corrected chi connectivity index (χ0v) is 26.9. The van der Waals surface area contributed by atoms with Crippen LogP contribution < -0.4 is 10.6 Å². The molecule has 1 saturated heterocycles. The molecular weight excluding hydrogens is 599 g/mol. The Morgan fingerprint density at radius 1 is 1.13 bits per heavy atom. The molecular formula is C34H42F3N5O4. The number of carbonyl (C=O) groups is 3. The second-order valence-corrected chi connectivity index (χ2v) is 12.5. The van der Waals surface area contributed by atoms with E-state index in [0.29, 0.717) is 18.8 Å². The predicted octanol–water partition coefficient (Wildman–Crippen LogP) is 4.81. The molecule has 2 N–H and O–H groups in total. The van der Waals surface area contributed by atoms with Gasteiger partial charge in [0.2, 0.25) is 5.91 Å². The lowest BCUT2D eigenvalue weighted by molar-refractivity contribution is -0.161. The molecule has 2 aromatic carbocycles. The molecule has 4 atom stereocenters. The number of hydrogen-bond donors (Lipinski definition) is 2. The molecule has 1 aliphatic heterocycles. The van der Waals surface area contributed by atoms with Crippen molar-refractivity contribution in [3.63, 3.8) is 0 Å². The molecule has 2 amide bonds. The Bertz CT molecular complexity index is 1530. The van der Waals surface area contributed by atoms with E-state index in [4.69, 9.17) is 9.72 Å². The maximum Gasteiger partial charge on any atom is 0.303 e. The number of alkyl halides is 1. The Hall–Kier alpha value is -4.19. The molecule has 0 bridgehead atoms. The van der Waals surface area contributed by atoms with Gasteiger partial charge in [-0.05, 0) is 42.5 Å². The summed E-state index contributed by atoms with van der Waals surface area (Å²) in [5.74, 6) is -2.97. The van der Waals surface area contributed by atoms with E-state index in [2.05, 4.69) is 10.6 Å². The topological polar surface area (TPSA) is 106 Å². The second kappa shape index (κ2) is 14.9. The monoisotopic (exact) mass is 641 g/mol. The van der Waals surface area contributed by atoms with Gasteiger partial charge in [0.25, 0.3) is 5.91 Å². The maximum atomic E-state index is 15.1. The van der Waals surface area contributed by atoms with E-state index in [1.807, 2.05) is 44.2 Å². The first-order valence-electron chi connectivity index (χ1n) is 15.4. The van der Waals surface area contributed by atoms with Gasteiger partial charge in [-0.1, -0.05) is 44.2 Å². The van der Waals surface area contributed by atoms with Gasteiger partial charge < -0.3 is 24.8 Å². The van der Waals surface area contributed by atoms with Crippen LogP contribution in [0, 0.1) is 23.0 Å². The number of benzene rings is 2. The zero-order valence-electron chi connectivity index (χ0n) is 26.9. The van der Waals surface area contributed by atoms with Crippen molar-refractivity contribution in [2.45, 2.75) is 65.9 Å². The van der Waals surface area contributed by atoms with Crippen molar-refractivity contribution in [1.29, 1.82) is 0 Å². The van der Waals surface area contributed by atoms with E-state index < -0.39 is 53.2 Å². The molecule has 248 valence electrons. The minimum atomic E-state index is -1.23. The summed E-state index contributed by atoms with van der Waals surface area (Å²) in [6, 6.07) is 11.7. The number of aromatic nitrogens is 2. The van der Waals surface area contributed by atoms with Crippen LogP contribution in [0.1, 0.15) is 58.5 Å². The number of rotatable bonds is 13. The summed E-state index contributed by atoms with van der Waals surface area (Å²) in [7, 11) is 0. The number of hydrogen-bond acceptors (Lipinski definition) is 6. The molecule has 1 aliphatic rings. The van der Waals surface area contributed by atoms with Gasteiger partial charge in [-0.15, -0.1) is 0 Å². The Morgan fingerprint density at radius 3 is 2.48 bits per heavy atom. The van der Waals surface area contributed by atoms with Crippen LogP contribution in [0.25, 0.3) is 11.3 Å². The van der Waals surface area contributed by atoms with Crippen molar-refractivity contribution >= 4 is 17.8 Å². The molecule has 0 unspecified atom stereocenters.